The molecule has 2 aromatic heterocycles. The maximum absolute atomic E-state index is 13.4. The topological polar surface area (TPSA) is 81.9 Å². The van der Waals surface area contributed by atoms with Gasteiger partial charge in [-0.05, 0) is 51.0 Å². The van der Waals surface area contributed by atoms with E-state index >= 15 is 0 Å². The van der Waals surface area contributed by atoms with Gasteiger partial charge in [-0.3, -0.25) is 14.7 Å². The molecule has 2 heterocycles. The lowest BCUT2D eigenvalue weighted by molar-refractivity contribution is 0.0691. The highest BCUT2D eigenvalue weighted by Crippen LogP contribution is 2.25. The molecular weight excluding hydrogens is 408 g/mol. The summed E-state index contributed by atoms with van der Waals surface area (Å²) in [5.41, 5.74) is 3.66. The van der Waals surface area contributed by atoms with Gasteiger partial charge in [0.2, 0.25) is 0 Å². The number of hydrogen-bond donors (Lipinski definition) is 2. The number of pyridine rings is 1. The number of nitrogens with zero attached hydrogens (tertiary/aromatic N) is 2. The fourth-order valence-corrected chi connectivity index (χ4v) is 3.74. The molecule has 3 aromatic rings. The Labute approximate surface area is 166 Å². The van der Waals surface area contributed by atoms with E-state index in [1.165, 1.54) is 0 Å². The number of hydrogen-bond acceptors (Lipinski definition) is 3. The number of amides is 1. The van der Waals surface area contributed by atoms with Gasteiger partial charge in [-0.25, -0.2) is 0 Å². The number of nitrogens with one attached hydrogen (secondary N) is 2. The van der Waals surface area contributed by atoms with E-state index < -0.39 is 0 Å². The number of halogens is 1. The molecule has 0 saturated carbocycles. The van der Waals surface area contributed by atoms with Crippen molar-refractivity contribution in [2.24, 2.45) is 0 Å². The highest BCUT2D eigenvalue weighted by molar-refractivity contribution is 9.10. The summed E-state index contributed by atoms with van der Waals surface area (Å²) in [6.45, 7) is 8.06. The van der Waals surface area contributed by atoms with Crippen LogP contribution < -0.4 is 5.56 Å². The molecule has 142 valence electrons. The fourth-order valence-electron chi connectivity index (χ4n) is 3.28. The summed E-state index contributed by atoms with van der Waals surface area (Å²) < 4.78 is 0.800. The van der Waals surface area contributed by atoms with E-state index in [9.17, 15) is 9.59 Å². The average molecular weight is 431 g/mol. The highest BCUT2D eigenvalue weighted by Gasteiger charge is 2.24. The highest BCUT2D eigenvalue weighted by atomic mass is 79.9. The molecule has 0 saturated heterocycles. The molecule has 2 N–H and O–H groups in total. The van der Waals surface area contributed by atoms with Crippen LogP contribution in [0.15, 0.2) is 33.7 Å². The van der Waals surface area contributed by atoms with Gasteiger partial charge in [-0.2, -0.15) is 5.10 Å². The van der Waals surface area contributed by atoms with E-state index in [0.717, 1.165) is 33.1 Å². The number of carbonyl (C=O) groups is 1. The molecule has 7 heteroatoms. The molecule has 0 unspecified atom stereocenters. The lowest BCUT2D eigenvalue weighted by Gasteiger charge is -2.28. The summed E-state index contributed by atoms with van der Waals surface area (Å²) in [6, 6.07) is 5.60. The summed E-state index contributed by atoms with van der Waals surface area (Å²) in [5, 5.41) is 7.72. The first kappa shape index (κ1) is 19.4. The first-order valence-electron chi connectivity index (χ1n) is 8.97. The van der Waals surface area contributed by atoms with Crippen molar-refractivity contribution in [2.75, 3.05) is 0 Å². The van der Waals surface area contributed by atoms with Gasteiger partial charge in [0.1, 0.15) is 0 Å². The number of aryl methyl sites for hydroxylation is 2. The lowest BCUT2D eigenvalue weighted by atomic mass is 10.0. The van der Waals surface area contributed by atoms with Crippen molar-refractivity contribution < 1.29 is 4.79 Å². The zero-order chi connectivity index (χ0) is 19.7. The first-order valence-corrected chi connectivity index (χ1v) is 9.76. The Morgan fingerprint density at radius 2 is 2.04 bits per heavy atom. The van der Waals surface area contributed by atoms with E-state index in [1.54, 1.807) is 17.2 Å². The Bertz CT molecular complexity index is 1050. The number of H-pyrrole nitrogens is 2. The van der Waals surface area contributed by atoms with E-state index in [2.05, 4.69) is 31.1 Å². The van der Waals surface area contributed by atoms with Crippen LogP contribution in [0.5, 0.6) is 0 Å². The molecule has 27 heavy (non-hydrogen) atoms. The number of carbonyl (C=O) groups excluding carboxylic acids is 1. The van der Waals surface area contributed by atoms with Gasteiger partial charge in [0.25, 0.3) is 11.5 Å². The van der Waals surface area contributed by atoms with Gasteiger partial charge in [-0.1, -0.05) is 22.9 Å². The van der Waals surface area contributed by atoms with E-state index in [4.69, 9.17) is 0 Å². The smallest absolute Gasteiger partial charge is 0.255 e. The predicted octanol–water partition coefficient (Wildman–Crippen LogP) is 3.94. The average Bonchev–Trinajstić information content (AvgIpc) is 3.07. The van der Waals surface area contributed by atoms with Crippen molar-refractivity contribution in [1.82, 2.24) is 20.1 Å². The van der Waals surface area contributed by atoms with Crippen LogP contribution in [-0.2, 0) is 13.0 Å². The zero-order valence-corrected chi connectivity index (χ0v) is 17.5. The quantitative estimate of drug-likeness (QED) is 0.642. The van der Waals surface area contributed by atoms with Crippen LogP contribution >= 0.6 is 15.9 Å². The minimum atomic E-state index is -0.131. The van der Waals surface area contributed by atoms with Gasteiger partial charge in [0, 0.05) is 27.2 Å². The molecule has 0 fully saturated rings. The van der Waals surface area contributed by atoms with Crippen LogP contribution in [0.25, 0.3) is 10.9 Å². The Kier molecular flexibility index (Phi) is 5.51. The molecule has 1 aromatic carbocycles. The second kappa shape index (κ2) is 7.68. The molecule has 0 aliphatic heterocycles. The van der Waals surface area contributed by atoms with Crippen LogP contribution in [0, 0.1) is 6.92 Å². The maximum atomic E-state index is 13.4. The van der Waals surface area contributed by atoms with Crippen molar-refractivity contribution in [3.8, 4) is 0 Å². The van der Waals surface area contributed by atoms with Crippen molar-refractivity contribution in [3.05, 3.63) is 61.6 Å². The predicted molar refractivity (Wildman–Crippen MR) is 110 cm³/mol. The third-order valence-electron chi connectivity index (χ3n) is 4.71. The van der Waals surface area contributed by atoms with Crippen molar-refractivity contribution in [2.45, 2.75) is 46.7 Å². The molecule has 0 aliphatic rings. The monoisotopic (exact) mass is 430 g/mol. The molecular formula is C20H23BrN4O2. The Hall–Kier alpha value is -2.41. The molecule has 0 bridgehead atoms. The third-order valence-corrected chi connectivity index (χ3v) is 5.17. The van der Waals surface area contributed by atoms with Gasteiger partial charge < -0.3 is 9.88 Å². The lowest BCUT2D eigenvalue weighted by Crippen LogP contribution is -2.38. The number of rotatable bonds is 5. The van der Waals surface area contributed by atoms with Crippen molar-refractivity contribution in [3.63, 3.8) is 0 Å². The van der Waals surface area contributed by atoms with Crippen LogP contribution in [-0.4, -0.2) is 32.0 Å². The standard InChI is InChI=1S/C20H23BrN4O2/c1-5-13-6-12(4)23-19(26)17(13)10-25(11(2)3)20(27)15-7-14(21)8-18-16(15)9-22-24-18/h6-9,11H,5,10H2,1-4H3,(H,22,24)(H,23,26). The molecule has 0 aliphatic carbocycles. The second-order valence-electron chi connectivity index (χ2n) is 6.95. The normalized spacial score (nSPS) is 11.3. The SMILES string of the molecule is CCc1cc(C)[nH]c(=O)c1CN(C(=O)c1cc(Br)cc2[nH]ncc12)C(C)C. The van der Waals surface area contributed by atoms with Gasteiger partial charge in [0.15, 0.2) is 0 Å². The summed E-state index contributed by atoms with van der Waals surface area (Å²) in [4.78, 5) is 30.5. The molecule has 3 rings (SSSR count). The largest absolute Gasteiger partial charge is 0.332 e. The second-order valence-corrected chi connectivity index (χ2v) is 7.87. The molecule has 6 nitrogen and oxygen atoms in total. The van der Waals surface area contributed by atoms with Crippen molar-refractivity contribution >= 4 is 32.7 Å². The van der Waals surface area contributed by atoms with E-state index in [0.29, 0.717) is 11.1 Å². The maximum Gasteiger partial charge on any atom is 0.255 e. The molecule has 0 atom stereocenters. The Balaban J connectivity index is 2.05. The van der Waals surface area contributed by atoms with Gasteiger partial charge >= 0.3 is 0 Å². The molecule has 0 radical (unpaired) electrons. The Morgan fingerprint density at radius 3 is 2.70 bits per heavy atom. The van der Waals surface area contributed by atoms with Crippen LogP contribution in [0.2, 0.25) is 0 Å². The molecule has 0 spiro atoms. The fraction of sp³-hybridized carbons (Fsp3) is 0.350. The summed E-state index contributed by atoms with van der Waals surface area (Å²) in [5.74, 6) is -0.125. The number of benzene rings is 1. The Morgan fingerprint density at radius 1 is 1.30 bits per heavy atom. The summed E-state index contributed by atoms with van der Waals surface area (Å²) >= 11 is 3.46. The van der Waals surface area contributed by atoms with Crippen molar-refractivity contribution in [1.29, 1.82) is 0 Å². The summed E-state index contributed by atoms with van der Waals surface area (Å²) in [6.07, 6.45) is 2.40. The van der Waals surface area contributed by atoms with Crippen LogP contribution in [0.3, 0.4) is 0 Å². The number of aromatic amines is 2. The number of aromatic nitrogens is 3. The molecule has 1 amide bonds. The zero-order valence-electron chi connectivity index (χ0n) is 15.9. The first-order chi connectivity index (χ1) is 12.8. The van der Waals surface area contributed by atoms with E-state index in [1.807, 2.05) is 39.8 Å². The van der Waals surface area contributed by atoms with Crippen LogP contribution in [0.1, 0.15) is 48.0 Å². The van der Waals surface area contributed by atoms with Gasteiger partial charge in [0.05, 0.1) is 23.8 Å². The minimum Gasteiger partial charge on any atom is -0.332 e. The number of fused-ring (bicyclic) bond motifs is 1. The minimum absolute atomic E-state index is 0.0659. The van der Waals surface area contributed by atoms with Crippen LogP contribution in [0.4, 0.5) is 0 Å². The van der Waals surface area contributed by atoms with Gasteiger partial charge in [-0.15, -0.1) is 0 Å². The van der Waals surface area contributed by atoms with E-state index in [-0.39, 0.29) is 24.1 Å². The summed E-state index contributed by atoms with van der Waals surface area (Å²) in [7, 11) is 0. The third kappa shape index (κ3) is 3.83.